The zero-order valence-corrected chi connectivity index (χ0v) is 13.5. The number of aryl methyl sites for hydroxylation is 1. The average molecular weight is 342 g/mol. The molecule has 3 aromatic rings. The van der Waals surface area contributed by atoms with Crippen molar-refractivity contribution in [2.24, 2.45) is 5.73 Å². The second kappa shape index (κ2) is 6.63. The SMILES string of the molecule is Cc1ccsc1-c1nnc(C(NC(=O)c2ccccc2)C(N)=O)o1. The molecule has 122 valence electrons. The van der Waals surface area contributed by atoms with Gasteiger partial charge in [0.15, 0.2) is 6.04 Å². The van der Waals surface area contributed by atoms with Gasteiger partial charge in [0.2, 0.25) is 11.8 Å². The van der Waals surface area contributed by atoms with Gasteiger partial charge in [0.05, 0.1) is 4.88 Å². The molecule has 1 aromatic carbocycles. The van der Waals surface area contributed by atoms with E-state index in [1.54, 1.807) is 30.3 Å². The first-order valence-corrected chi connectivity index (χ1v) is 7.97. The molecule has 0 radical (unpaired) electrons. The lowest BCUT2D eigenvalue weighted by atomic mass is 10.2. The minimum Gasteiger partial charge on any atom is -0.417 e. The highest BCUT2D eigenvalue weighted by molar-refractivity contribution is 7.13. The highest BCUT2D eigenvalue weighted by atomic mass is 32.1. The molecule has 1 unspecified atom stereocenters. The van der Waals surface area contributed by atoms with Crippen LogP contribution in [0.15, 0.2) is 46.2 Å². The number of nitrogens with two attached hydrogens (primary N) is 1. The van der Waals surface area contributed by atoms with Gasteiger partial charge in [-0.3, -0.25) is 9.59 Å². The Labute approximate surface area is 141 Å². The van der Waals surface area contributed by atoms with Crippen LogP contribution in [0.5, 0.6) is 0 Å². The van der Waals surface area contributed by atoms with Crippen LogP contribution in [0.1, 0.15) is 27.9 Å². The van der Waals surface area contributed by atoms with Gasteiger partial charge in [-0.15, -0.1) is 21.5 Å². The van der Waals surface area contributed by atoms with E-state index in [2.05, 4.69) is 15.5 Å². The van der Waals surface area contributed by atoms with Gasteiger partial charge in [-0.05, 0) is 36.1 Å². The number of carbonyl (C=O) groups is 2. The van der Waals surface area contributed by atoms with Crippen molar-refractivity contribution in [1.29, 1.82) is 0 Å². The zero-order chi connectivity index (χ0) is 17.1. The van der Waals surface area contributed by atoms with E-state index in [0.717, 1.165) is 10.4 Å². The number of aromatic nitrogens is 2. The molecule has 0 aliphatic carbocycles. The standard InChI is InChI=1S/C16H14N4O3S/c1-9-7-8-24-12(9)16-20-19-15(23-16)11(13(17)21)18-14(22)10-5-3-2-4-6-10/h2-8,11H,1H3,(H2,17,21)(H,18,22). The third kappa shape index (κ3) is 3.18. The van der Waals surface area contributed by atoms with Crippen LogP contribution >= 0.6 is 11.3 Å². The zero-order valence-electron chi connectivity index (χ0n) is 12.7. The lowest BCUT2D eigenvalue weighted by Gasteiger charge is -2.11. The first kappa shape index (κ1) is 15.9. The molecule has 8 heteroatoms. The van der Waals surface area contributed by atoms with E-state index in [4.69, 9.17) is 10.2 Å². The van der Waals surface area contributed by atoms with Crippen LogP contribution in [0.2, 0.25) is 0 Å². The minimum atomic E-state index is -1.20. The molecule has 1 atom stereocenters. The van der Waals surface area contributed by atoms with Crippen molar-refractivity contribution in [1.82, 2.24) is 15.5 Å². The van der Waals surface area contributed by atoms with Crippen LogP contribution in [-0.4, -0.2) is 22.0 Å². The second-order valence-electron chi connectivity index (χ2n) is 5.05. The fourth-order valence-electron chi connectivity index (χ4n) is 2.09. The third-order valence-electron chi connectivity index (χ3n) is 3.34. The summed E-state index contributed by atoms with van der Waals surface area (Å²) in [6, 6.07) is 9.21. The number of nitrogens with one attached hydrogen (secondary N) is 1. The Morgan fingerprint density at radius 2 is 1.96 bits per heavy atom. The van der Waals surface area contributed by atoms with Crippen LogP contribution in [0.4, 0.5) is 0 Å². The largest absolute Gasteiger partial charge is 0.417 e. The molecule has 3 rings (SSSR count). The monoisotopic (exact) mass is 342 g/mol. The first-order chi connectivity index (χ1) is 11.6. The molecule has 0 fully saturated rings. The molecule has 3 N–H and O–H groups in total. The number of primary amides is 1. The average Bonchev–Trinajstić information content (AvgIpc) is 3.21. The summed E-state index contributed by atoms with van der Waals surface area (Å²) in [7, 11) is 0. The predicted molar refractivity (Wildman–Crippen MR) is 88.2 cm³/mol. The Morgan fingerprint density at radius 3 is 2.58 bits per heavy atom. The van der Waals surface area contributed by atoms with Gasteiger partial charge in [0.25, 0.3) is 11.8 Å². The van der Waals surface area contributed by atoms with Crippen molar-refractivity contribution < 1.29 is 14.0 Å². The maximum absolute atomic E-state index is 12.2. The van der Waals surface area contributed by atoms with Crippen LogP contribution in [0.25, 0.3) is 10.8 Å². The predicted octanol–water partition coefficient (Wildman–Crippen LogP) is 2.06. The van der Waals surface area contributed by atoms with E-state index < -0.39 is 17.9 Å². The van der Waals surface area contributed by atoms with Gasteiger partial charge in [-0.1, -0.05) is 18.2 Å². The highest BCUT2D eigenvalue weighted by Crippen LogP contribution is 2.28. The number of carbonyl (C=O) groups excluding carboxylic acids is 2. The van der Waals surface area contributed by atoms with Crippen LogP contribution in [-0.2, 0) is 4.79 Å². The first-order valence-electron chi connectivity index (χ1n) is 7.09. The van der Waals surface area contributed by atoms with E-state index in [-0.39, 0.29) is 11.8 Å². The minimum absolute atomic E-state index is 0.0467. The van der Waals surface area contributed by atoms with Gasteiger partial charge >= 0.3 is 0 Å². The molecule has 2 amide bonds. The summed E-state index contributed by atoms with van der Waals surface area (Å²) in [5.41, 5.74) is 6.76. The molecular formula is C16H14N4O3S. The van der Waals surface area contributed by atoms with Crippen LogP contribution < -0.4 is 11.1 Å². The summed E-state index contributed by atoms with van der Waals surface area (Å²) in [4.78, 5) is 24.7. The maximum atomic E-state index is 12.2. The van der Waals surface area contributed by atoms with Crippen LogP contribution in [0, 0.1) is 6.92 Å². The molecule has 7 nitrogen and oxygen atoms in total. The topological polar surface area (TPSA) is 111 Å². The summed E-state index contributed by atoms with van der Waals surface area (Å²) >= 11 is 1.45. The molecule has 0 saturated heterocycles. The number of hydrogen-bond donors (Lipinski definition) is 2. The number of nitrogens with zero attached hydrogens (tertiary/aromatic N) is 2. The fourth-order valence-corrected chi connectivity index (χ4v) is 2.94. The quantitative estimate of drug-likeness (QED) is 0.737. The lowest BCUT2D eigenvalue weighted by Crippen LogP contribution is -2.37. The van der Waals surface area contributed by atoms with E-state index in [1.165, 1.54) is 11.3 Å². The van der Waals surface area contributed by atoms with Crippen molar-refractivity contribution in [3.63, 3.8) is 0 Å². The van der Waals surface area contributed by atoms with E-state index in [0.29, 0.717) is 5.56 Å². The van der Waals surface area contributed by atoms with Gasteiger partial charge in [-0.25, -0.2) is 0 Å². The van der Waals surface area contributed by atoms with Crippen molar-refractivity contribution >= 4 is 23.2 Å². The van der Waals surface area contributed by atoms with Crippen molar-refractivity contribution in [2.45, 2.75) is 13.0 Å². The number of benzene rings is 1. The van der Waals surface area contributed by atoms with E-state index in [9.17, 15) is 9.59 Å². The third-order valence-corrected chi connectivity index (χ3v) is 4.34. The molecule has 0 spiro atoms. The Kier molecular flexibility index (Phi) is 4.39. The van der Waals surface area contributed by atoms with E-state index >= 15 is 0 Å². The van der Waals surface area contributed by atoms with Crippen molar-refractivity contribution in [2.75, 3.05) is 0 Å². The molecule has 24 heavy (non-hydrogen) atoms. The second-order valence-corrected chi connectivity index (χ2v) is 5.97. The molecule has 0 saturated carbocycles. The Bertz CT molecular complexity index is 872. The smallest absolute Gasteiger partial charge is 0.258 e. The number of rotatable bonds is 5. The Morgan fingerprint density at radius 1 is 1.21 bits per heavy atom. The highest BCUT2D eigenvalue weighted by Gasteiger charge is 2.27. The van der Waals surface area contributed by atoms with Gasteiger partial charge < -0.3 is 15.5 Å². The maximum Gasteiger partial charge on any atom is 0.258 e. The molecule has 0 aliphatic heterocycles. The van der Waals surface area contributed by atoms with Crippen molar-refractivity contribution in [3.8, 4) is 10.8 Å². The van der Waals surface area contributed by atoms with Gasteiger partial charge in [0, 0.05) is 5.56 Å². The summed E-state index contributed by atoms with van der Waals surface area (Å²) < 4.78 is 5.54. The summed E-state index contributed by atoms with van der Waals surface area (Å²) in [6.45, 7) is 1.92. The lowest BCUT2D eigenvalue weighted by molar-refractivity contribution is -0.120. The molecule has 2 heterocycles. The number of thiophene rings is 1. The summed E-state index contributed by atoms with van der Waals surface area (Å²) in [6.07, 6.45) is 0. The van der Waals surface area contributed by atoms with E-state index in [1.807, 2.05) is 18.4 Å². The Hall–Kier alpha value is -3.00. The molecule has 0 aliphatic rings. The van der Waals surface area contributed by atoms with Crippen molar-refractivity contribution in [3.05, 3.63) is 58.8 Å². The van der Waals surface area contributed by atoms with Gasteiger partial charge in [0.1, 0.15) is 0 Å². The Balaban J connectivity index is 1.84. The number of amides is 2. The summed E-state index contributed by atoms with van der Waals surface area (Å²) in [5.74, 6) is -0.990. The molecule has 2 aromatic heterocycles. The molecule has 0 bridgehead atoms. The van der Waals surface area contributed by atoms with Crippen LogP contribution in [0.3, 0.4) is 0 Å². The normalized spacial score (nSPS) is 11.9. The fraction of sp³-hybridized carbons (Fsp3) is 0.125. The van der Waals surface area contributed by atoms with Gasteiger partial charge in [-0.2, -0.15) is 0 Å². The summed E-state index contributed by atoms with van der Waals surface area (Å²) in [5, 5.41) is 12.2. The number of hydrogen-bond acceptors (Lipinski definition) is 6. The molecular weight excluding hydrogens is 328 g/mol.